The van der Waals surface area contributed by atoms with Crippen LogP contribution in [0.5, 0.6) is 5.75 Å². The fourth-order valence-electron chi connectivity index (χ4n) is 1.62. The Bertz CT molecular complexity index is 614. The number of nitrogens with one attached hydrogen (secondary N) is 2. The zero-order chi connectivity index (χ0) is 14.5. The van der Waals surface area contributed by atoms with Crippen LogP contribution < -0.4 is 15.4 Å². The van der Waals surface area contributed by atoms with Crippen LogP contribution in [-0.4, -0.2) is 18.1 Å². The number of aryl methyl sites for hydroxylation is 1. The molecule has 0 aliphatic rings. The van der Waals surface area contributed by atoms with Crippen LogP contribution in [0.25, 0.3) is 0 Å². The number of aromatic nitrogens is 1. The average molecular weight is 336 g/mol. The second kappa shape index (κ2) is 6.38. The second-order valence-electron chi connectivity index (χ2n) is 4.13. The molecule has 0 saturated carbocycles. The van der Waals surface area contributed by atoms with Gasteiger partial charge in [0, 0.05) is 16.4 Å². The first-order valence-electron chi connectivity index (χ1n) is 5.92. The fourth-order valence-corrected chi connectivity index (χ4v) is 2.06. The van der Waals surface area contributed by atoms with Gasteiger partial charge in [-0.05, 0) is 58.7 Å². The minimum Gasteiger partial charge on any atom is -0.497 e. The van der Waals surface area contributed by atoms with E-state index < -0.39 is 0 Å². The van der Waals surface area contributed by atoms with Gasteiger partial charge in [0.1, 0.15) is 11.6 Å². The average Bonchev–Trinajstić information content (AvgIpc) is 2.43. The standard InChI is InChI=1S/C14H14BrN3O2/c1-9-7-10(15)8-16-13(9)18-14(19)17-11-3-5-12(20-2)6-4-11/h3-8H,1-2H3,(H2,16,17,18,19). The molecular weight excluding hydrogens is 322 g/mol. The lowest BCUT2D eigenvalue weighted by molar-refractivity contribution is 0.262. The highest BCUT2D eigenvalue weighted by Crippen LogP contribution is 2.18. The third-order valence-electron chi connectivity index (χ3n) is 2.62. The highest BCUT2D eigenvalue weighted by atomic mass is 79.9. The molecule has 2 rings (SSSR count). The summed E-state index contributed by atoms with van der Waals surface area (Å²) >= 11 is 3.33. The van der Waals surface area contributed by atoms with Crippen LogP contribution in [0, 0.1) is 6.92 Å². The summed E-state index contributed by atoms with van der Waals surface area (Å²) in [6.07, 6.45) is 1.63. The number of hydrogen-bond acceptors (Lipinski definition) is 3. The summed E-state index contributed by atoms with van der Waals surface area (Å²) in [5, 5.41) is 5.43. The number of amides is 2. The summed E-state index contributed by atoms with van der Waals surface area (Å²) in [6.45, 7) is 1.88. The molecule has 1 heterocycles. The van der Waals surface area contributed by atoms with E-state index in [2.05, 4.69) is 31.5 Å². The lowest BCUT2D eigenvalue weighted by Crippen LogP contribution is -2.20. The third-order valence-corrected chi connectivity index (χ3v) is 3.06. The summed E-state index contributed by atoms with van der Waals surface area (Å²) in [6, 6.07) is 8.63. The number of benzene rings is 1. The van der Waals surface area contributed by atoms with Gasteiger partial charge in [0.25, 0.3) is 0 Å². The largest absolute Gasteiger partial charge is 0.497 e. The first-order chi connectivity index (χ1) is 9.58. The summed E-state index contributed by atoms with van der Waals surface area (Å²) < 4.78 is 5.93. The highest BCUT2D eigenvalue weighted by molar-refractivity contribution is 9.10. The predicted molar refractivity (Wildman–Crippen MR) is 82.3 cm³/mol. The number of halogens is 1. The van der Waals surface area contributed by atoms with Crippen LogP contribution >= 0.6 is 15.9 Å². The van der Waals surface area contributed by atoms with Crippen molar-refractivity contribution in [1.29, 1.82) is 0 Å². The number of methoxy groups -OCH3 is 1. The molecule has 1 aromatic heterocycles. The van der Waals surface area contributed by atoms with Crippen molar-refractivity contribution in [3.8, 4) is 5.75 Å². The van der Waals surface area contributed by atoms with E-state index in [0.717, 1.165) is 15.8 Å². The van der Waals surface area contributed by atoms with Crippen molar-refractivity contribution in [2.45, 2.75) is 6.92 Å². The number of carbonyl (C=O) groups is 1. The van der Waals surface area contributed by atoms with Crippen molar-refractivity contribution in [2.75, 3.05) is 17.7 Å². The van der Waals surface area contributed by atoms with Gasteiger partial charge in [0.15, 0.2) is 0 Å². The SMILES string of the molecule is COc1ccc(NC(=O)Nc2ncc(Br)cc2C)cc1. The maximum absolute atomic E-state index is 11.9. The molecule has 0 radical (unpaired) electrons. The summed E-state index contributed by atoms with van der Waals surface area (Å²) in [7, 11) is 1.59. The van der Waals surface area contributed by atoms with Gasteiger partial charge in [-0.15, -0.1) is 0 Å². The number of rotatable bonds is 3. The van der Waals surface area contributed by atoms with Crippen LogP contribution in [-0.2, 0) is 0 Å². The molecule has 6 heteroatoms. The summed E-state index contributed by atoms with van der Waals surface area (Å²) in [4.78, 5) is 16.0. The smallest absolute Gasteiger partial charge is 0.324 e. The van der Waals surface area contributed by atoms with Crippen molar-refractivity contribution in [3.63, 3.8) is 0 Å². The van der Waals surface area contributed by atoms with E-state index in [1.807, 2.05) is 13.0 Å². The Kier molecular flexibility index (Phi) is 4.57. The minimum absolute atomic E-state index is 0.340. The van der Waals surface area contributed by atoms with Crippen LogP contribution in [0.2, 0.25) is 0 Å². The van der Waals surface area contributed by atoms with Gasteiger partial charge in [-0.3, -0.25) is 5.32 Å². The molecule has 0 atom stereocenters. The van der Waals surface area contributed by atoms with Gasteiger partial charge in [0.05, 0.1) is 7.11 Å². The lowest BCUT2D eigenvalue weighted by atomic mass is 10.3. The maximum Gasteiger partial charge on any atom is 0.324 e. The van der Waals surface area contributed by atoms with Crippen molar-refractivity contribution in [3.05, 3.63) is 46.6 Å². The van der Waals surface area contributed by atoms with E-state index in [4.69, 9.17) is 4.74 Å². The van der Waals surface area contributed by atoms with E-state index >= 15 is 0 Å². The Morgan fingerprint density at radius 2 is 1.95 bits per heavy atom. The Balaban J connectivity index is 2.01. The molecule has 2 amide bonds. The molecule has 1 aromatic carbocycles. The van der Waals surface area contributed by atoms with Crippen molar-refractivity contribution >= 4 is 33.5 Å². The molecule has 20 heavy (non-hydrogen) atoms. The Hall–Kier alpha value is -2.08. The van der Waals surface area contributed by atoms with E-state index in [-0.39, 0.29) is 6.03 Å². The number of pyridine rings is 1. The number of anilines is 2. The van der Waals surface area contributed by atoms with E-state index in [1.165, 1.54) is 0 Å². The normalized spacial score (nSPS) is 9.95. The van der Waals surface area contributed by atoms with Gasteiger partial charge in [-0.1, -0.05) is 0 Å². The van der Waals surface area contributed by atoms with Crippen molar-refractivity contribution in [1.82, 2.24) is 4.98 Å². The van der Waals surface area contributed by atoms with Gasteiger partial charge in [0.2, 0.25) is 0 Å². The number of hydrogen-bond donors (Lipinski definition) is 2. The molecule has 0 unspecified atom stereocenters. The molecule has 0 aliphatic carbocycles. The maximum atomic E-state index is 11.9. The van der Waals surface area contributed by atoms with Gasteiger partial charge < -0.3 is 10.1 Å². The summed E-state index contributed by atoms with van der Waals surface area (Å²) in [5.74, 6) is 1.26. The van der Waals surface area contributed by atoms with Crippen LogP contribution in [0.3, 0.4) is 0 Å². The minimum atomic E-state index is -0.340. The van der Waals surface area contributed by atoms with E-state index in [0.29, 0.717) is 11.5 Å². The first-order valence-corrected chi connectivity index (χ1v) is 6.72. The molecule has 0 bridgehead atoms. The molecule has 0 saturated heterocycles. The van der Waals surface area contributed by atoms with Crippen molar-refractivity contribution < 1.29 is 9.53 Å². The number of nitrogens with zero attached hydrogens (tertiary/aromatic N) is 1. The Morgan fingerprint density at radius 1 is 1.25 bits per heavy atom. The highest BCUT2D eigenvalue weighted by Gasteiger charge is 2.06. The first kappa shape index (κ1) is 14.3. The topological polar surface area (TPSA) is 63.2 Å². The number of carbonyl (C=O) groups excluding carboxylic acids is 1. The fraction of sp³-hybridized carbons (Fsp3) is 0.143. The lowest BCUT2D eigenvalue weighted by Gasteiger charge is -2.09. The van der Waals surface area contributed by atoms with E-state index in [9.17, 15) is 4.79 Å². The molecular formula is C14H14BrN3O2. The third kappa shape index (κ3) is 3.71. The zero-order valence-electron chi connectivity index (χ0n) is 11.1. The van der Waals surface area contributed by atoms with E-state index in [1.54, 1.807) is 37.6 Å². The van der Waals surface area contributed by atoms with Crippen LogP contribution in [0.15, 0.2) is 41.0 Å². The van der Waals surface area contributed by atoms with Crippen LogP contribution in [0.4, 0.5) is 16.3 Å². The van der Waals surface area contributed by atoms with Gasteiger partial charge in [-0.2, -0.15) is 0 Å². The molecule has 5 nitrogen and oxygen atoms in total. The molecule has 0 spiro atoms. The van der Waals surface area contributed by atoms with Gasteiger partial charge in [-0.25, -0.2) is 9.78 Å². The quantitative estimate of drug-likeness (QED) is 0.896. The van der Waals surface area contributed by atoms with Crippen LogP contribution in [0.1, 0.15) is 5.56 Å². The summed E-state index contributed by atoms with van der Waals surface area (Å²) in [5.41, 5.74) is 1.56. The molecule has 0 fully saturated rings. The molecule has 104 valence electrons. The zero-order valence-corrected chi connectivity index (χ0v) is 12.7. The van der Waals surface area contributed by atoms with Crippen molar-refractivity contribution in [2.24, 2.45) is 0 Å². The predicted octanol–water partition coefficient (Wildman–Crippen LogP) is 3.81. The Labute approximate surface area is 125 Å². The number of urea groups is 1. The second-order valence-corrected chi connectivity index (χ2v) is 5.04. The molecule has 2 N–H and O–H groups in total. The van der Waals surface area contributed by atoms with Gasteiger partial charge >= 0.3 is 6.03 Å². The Morgan fingerprint density at radius 3 is 2.55 bits per heavy atom. The number of ether oxygens (including phenoxy) is 1. The monoisotopic (exact) mass is 335 g/mol. The molecule has 2 aromatic rings. The molecule has 0 aliphatic heterocycles.